The van der Waals surface area contributed by atoms with Gasteiger partial charge in [-0.15, -0.1) is 0 Å². The van der Waals surface area contributed by atoms with Crippen molar-refractivity contribution in [2.75, 3.05) is 5.32 Å². The Hall–Kier alpha value is -3.32. The lowest BCUT2D eigenvalue weighted by molar-refractivity contribution is 0.641. The van der Waals surface area contributed by atoms with Gasteiger partial charge in [-0.3, -0.25) is 0 Å². The van der Waals surface area contributed by atoms with Crippen molar-refractivity contribution in [2.45, 2.75) is 38.5 Å². The Labute approximate surface area is 186 Å². The van der Waals surface area contributed by atoms with E-state index in [1.165, 1.54) is 22.3 Å². The summed E-state index contributed by atoms with van der Waals surface area (Å²) in [6, 6.07) is 39.0. The zero-order chi connectivity index (χ0) is 21.7. The molecule has 0 aliphatic rings. The first-order valence-electron chi connectivity index (χ1n) is 11.1. The van der Waals surface area contributed by atoms with Gasteiger partial charge in [0.1, 0.15) is 0 Å². The van der Waals surface area contributed by atoms with E-state index in [9.17, 15) is 0 Å². The second kappa shape index (κ2) is 9.22. The fourth-order valence-electron chi connectivity index (χ4n) is 4.14. The van der Waals surface area contributed by atoms with Crippen LogP contribution >= 0.6 is 0 Å². The molecule has 0 saturated carbocycles. The average molecular weight is 406 g/mol. The van der Waals surface area contributed by atoms with Crippen molar-refractivity contribution in [1.82, 2.24) is 0 Å². The van der Waals surface area contributed by atoms with Gasteiger partial charge in [-0.2, -0.15) is 0 Å². The van der Waals surface area contributed by atoms with Crippen LogP contribution in [0.1, 0.15) is 48.9 Å². The van der Waals surface area contributed by atoms with Gasteiger partial charge in [0.15, 0.2) is 0 Å². The Morgan fingerprint density at radius 2 is 1.10 bits per heavy atom. The molecule has 0 aromatic heterocycles. The van der Waals surface area contributed by atoms with E-state index in [1.54, 1.807) is 0 Å². The summed E-state index contributed by atoms with van der Waals surface area (Å²) in [5, 5.41) is 3.53. The second-order valence-electron chi connectivity index (χ2n) is 8.91. The molecule has 0 amide bonds. The van der Waals surface area contributed by atoms with E-state index in [0.717, 1.165) is 17.8 Å². The zero-order valence-electron chi connectivity index (χ0n) is 18.7. The summed E-state index contributed by atoms with van der Waals surface area (Å²) in [4.78, 5) is 0. The van der Waals surface area contributed by atoms with E-state index in [0.29, 0.717) is 5.92 Å². The highest BCUT2D eigenvalue weighted by Gasteiger charge is 2.22. The molecule has 4 rings (SSSR count). The third-order valence-corrected chi connectivity index (χ3v) is 6.26. The van der Waals surface area contributed by atoms with Crippen molar-refractivity contribution >= 4 is 11.4 Å². The Morgan fingerprint density at radius 1 is 0.613 bits per heavy atom. The fraction of sp³-hybridized carbons (Fsp3) is 0.200. The first-order chi connectivity index (χ1) is 15.0. The molecule has 1 unspecified atom stereocenters. The molecule has 156 valence electrons. The van der Waals surface area contributed by atoms with Crippen LogP contribution in [-0.2, 0) is 11.8 Å². The minimum atomic E-state index is -0.0170. The molecule has 0 bridgehead atoms. The van der Waals surface area contributed by atoms with E-state index >= 15 is 0 Å². The Kier molecular flexibility index (Phi) is 6.23. The van der Waals surface area contributed by atoms with Gasteiger partial charge in [-0.25, -0.2) is 0 Å². The largest absolute Gasteiger partial charge is 0.356 e. The van der Waals surface area contributed by atoms with Crippen molar-refractivity contribution in [1.29, 1.82) is 0 Å². The van der Waals surface area contributed by atoms with Crippen LogP contribution in [0.2, 0.25) is 0 Å². The van der Waals surface area contributed by atoms with Crippen molar-refractivity contribution in [3.63, 3.8) is 0 Å². The zero-order valence-corrected chi connectivity index (χ0v) is 18.7. The maximum absolute atomic E-state index is 3.53. The molecule has 4 aromatic rings. The predicted molar refractivity (Wildman–Crippen MR) is 133 cm³/mol. The molecule has 0 heterocycles. The molecule has 1 nitrogen and oxygen atoms in total. The van der Waals surface area contributed by atoms with Gasteiger partial charge >= 0.3 is 0 Å². The maximum Gasteiger partial charge on any atom is 0.0384 e. The molecule has 0 aliphatic heterocycles. The number of anilines is 2. The normalized spacial score (nSPS) is 12.4. The molecule has 1 N–H and O–H groups in total. The number of benzene rings is 4. The number of hydrogen-bond acceptors (Lipinski definition) is 1. The second-order valence-corrected chi connectivity index (χ2v) is 8.91. The molecule has 0 aliphatic carbocycles. The molecule has 0 saturated heterocycles. The van der Waals surface area contributed by atoms with Crippen LogP contribution in [0.25, 0.3) is 0 Å². The average Bonchev–Trinajstić information content (AvgIpc) is 2.82. The minimum absolute atomic E-state index is 0.0170. The van der Waals surface area contributed by atoms with Crippen LogP contribution in [0.3, 0.4) is 0 Å². The highest BCUT2D eigenvalue weighted by atomic mass is 14.9. The highest BCUT2D eigenvalue weighted by Crippen LogP contribution is 2.32. The first kappa shape index (κ1) is 20.9. The van der Waals surface area contributed by atoms with Crippen molar-refractivity contribution in [3.8, 4) is 0 Å². The summed E-state index contributed by atoms with van der Waals surface area (Å²) in [5.74, 6) is 0.514. The molecule has 4 aromatic carbocycles. The Morgan fingerprint density at radius 3 is 1.68 bits per heavy atom. The van der Waals surface area contributed by atoms with Crippen molar-refractivity contribution in [3.05, 3.63) is 131 Å². The van der Waals surface area contributed by atoms with E-state index in [-0.39, 0.29) is 5.41 Å². The fourth-order valence-corrected chi connectivity index (χ4v) is 4.14. The van der Waals surface area contributed by atoms with Crippen LogP contribution < -0.4 is 5.32 Å². The van der Waals surface area contributed by atoms with E-state index in [2.05, 4.69) is 135 Å². The topological polar surface area (TPSA) is 12.0 Å². The predicted octanol–water partition coefficient (Wildman–Crippen LogP) is 8.10. The van der Waals surface area contributed by atoms with Crippen LogP contribution in [0, 0.1) is 0 Å². The molecule has 1 heteroatoms. The lowest BCUT2D eigenvalue weighted by atomic mass is 9.78. The first-order valence-corrected chi connectivity index (χ1v) is 11.1. The third-order valence-electron chi connectivity index (χ3n) is 6.26. The number of hydrogen-bond donors (Lipinski definition) is 1. The number of nitrogens with one attached hydrogen (secondary N) is 1. The lowest BCUT2D eigenvalue weighted by Gasteiger charge is -2.26. The molecule has 31 heavy (non-hydrogen) atoms. The van der Waals surface area contributed by atoms with Gasteiger partial charge in [0.25, 0.3) is 0 Å². The molecular weight excluding hydrogens is 374 g/mol. The molecular formula is C30H31N. The van der Waals surface area contributed by atoms with Crippen LogP contribution in [0.15, 0.2) is 109 Å². The van der Waals surface area contributed by atoms with Gasteiger partial charge < -0.3 is 5.32 Å². The van der Waals surface area contributed by atoms with E-state index in [4.69, 9.17) is 0 Å². The quantitative estimate of drug-likeness (QED) is 0.327. The van der Waals surface area contributed by atoms with Crippen molar-refractivity contribution in [2.24, 2.45) is 0 Å². The van der Waals surface area contributed by atoms with Gasteiger partial charge in [-0.1, -0.05) is 106 Å². The van der Waals surface area contributed by atoms with Gasteiger partial charge in [0.2, 0.25) is 0 Å². The SMILES string of the molecule is CC(Cc1ccc(Nc2ccc(C(C)(C)c3ccccc3)cc2)cc1)c1ccccc1. The molecule has 0 fully saturated rings. The summed E-state index contributed by atoms with van der Waals surface area (Å²) in [5.41, 5.74) is 7.61. The Bertz CT molecular complexity index is 1080. The highest BCUT2D eigenvalue weighted by molar-refractivity contribution is 5.60. The van der Waals surface area contributed by atoms with E-state index < -0.39 is 0 Å². The molecule has 0 radical (unpaired) electrons. The monoisotopic (exact) mass is 405 g/mol. The molecule has 1 atom stereocenters. The summed E-state index contributed by atoms with van der Waals surface area (Å²) >= 11 is 0. The smallest absolute Gasteiger partial charge is 0.0384 e. The van der Waals surface area contributed by atoms with Gasteiger partial charge in [0, 0.05) is 16.8 Å². The van der Waals surface area contributed by atoms with Gasteiger partial charge in [-0.05, 0) is 58.9 Å². The van der Waals surface area contributed by atoms with Crippen LogP contribution in [0.4, 0.5) is 11.4 Å². The summed E-state index contributed by atoms with van der Waals surface area (Å²) in [7, 11) is 0. The standard InChI is InChI=1S/C30H31N/c1-23(25-10-6-4-7-11-25)22-24-14-18-28(19-15-24)31-29-20-16-27(17-21-29)30(2,3)26-12-8-5-9-13-26/h4-21,23,31H,22H2,1-3H3. The summed E-state index contributed by atoms with van der Waals surface area (Å²) in [6.45, 7) is 6.85. The van der Waals surface area contributed by atoms with E-state index in [1.807, 2.05) is 0 Å². The summed E-state index contributed by atoms with van der Waals surface area (Å²) < 4.78 is 0. The third kappa shape index (κ3) is 5.06. The Balaban J connectivity index is 1.40. The van der Waals surface area contributed by atoms with Crippen molar-refractivity contribution < 1.29 is 0 Å². The van der Waals surface area contributed by atoms with Crippen LogP contribution in [0.5, 0.6) is 0 Å². The van der Waals surface area contributed by atoms with Crippen LogP contribution in [-0.4, -0.2) is 0 Å². The molecule has 0 spiro atoms. The van der Waals surface area contributed by atoms with Gasteiger partial charge in [0.05, 0.1) is 0 Å². The maximum atomic E-state index is 3.53. The minimum Gasteiger partial charge on any atom is -0.356 e. The number of rotatable bonds is 7. The summed E-state index contributed by atoms with van der Waals surface area (Å²) in [6.07, 6.45) is 1.05. The lowest BCUT2D eigenvalue weighted by Crippen LogP contribution is -2.18.